The molecule has 1 saturated heterocycles. The molecule has 2 atom stereocenters. The topological polar surface area (TPSA) is 70.7 Å². The molecule has 2 amide bonds. The molecule has 4 rings (SSSR count). The first-order chi connectivity index (χ1) is 19.0. The van der Waals surface area contributed by atoms with Crippen LogP contribution in [-0.2, 0) is 16.1 Å². The second-order valence-electron chi connectivity index (χ2n) is 9.54. The number of rotatable bonds is 8. The fourth-order valence-electron chi connectivity index (χ4n) is 4.85. The Kier molecular flexibility index (Phi) is 9.32. The lowest BCUT2D eigenvalue weighted by atomic mass is 9.85. The fraction of sp³-hybridized carbons (Fsp3) is 0.310. The van der Waals surface area contributed by atoms with E-state index < -0.39 is 12.2 Å². The molecule has 3 aromatic carbocycles. The molecule has 0 unspecified atom stereocenters. The molecule has 6 nitrogen and oxygen atoms in total. The van der Waals surface area contributed by atoms with E-state index in [4.69, 9.17) is 11.6 Å². The van der Waals surface area contributed by atoms with E-state index in [2.05, 4.69) is 15.4 Å². The highest BCUT2D eigenvalue weighted by Gasteiger charge is 2.34. The molecule has 2 N–H and O–H groups in total. The second-order valence-corrected chi connectivity index (χ2v) is 9.94. The van der Waals surface area contributed by atoms with Crippen LogP contribution in [0.4, 0.5) is 17.6 Å². The highest BCUT2D eigenvalue weighted by atomic mass is 35.5. The largest absolute Gasteiger partial charge is 0.573 e. The van der Waals surface area contributed by atoms with E-state index in [1.54, 1.807) is 4.90 Å². The number of nitrogens with one attached hydrogen (secondary N) is 2. The van der Waals surface area contributed by atoms with Crippen molar-refractivity contribution in [3.63, 3.8) is 0 Å². The van der Waals surface area contributed by atoms with Gasteiger partial charge in [-0.15, -0.1) is 13.2 Å². The molecule has 40 heavy (non-hydrogen) atoms. The highest BCUT2D eigenvalue weighted by molar-refractivity contribution is 6.33. The summed E-state index contributed by atoms with van der Waals surface area (Å²) in [6, 6.07) is 17.4. The zero-order chi connectivity index (χ0) is 28.9. The van der Waals surface area contributed by atoms with E-state index >= 15 is 0 Å². The fourth-order valence-corrected chi connectivity index (χ4v) is 5.12. The smallest absolute Gasteiger partial charge is 0.405 e. The van der Waals surface area contributed by atoms with Gasteiger partial charge >= 0.3 is 6.36 Å². The lowest BCUT2D eigenvalue weighted by Crippen LogP contribution is -2.51. The summed E-state index contributed by atoms with van der Waals surface area (Å²) < 4.78 is 57.5. The number of nitrogens with zero attached hydrogens (tertiary/aromatic N) is 1. The van der Waals surface area contributed by atoms with Gasteiger partial charge in [0, 0.05) is 49.6 Å². The standard InChI is InChI=1S/C29H28ClF4N3O3/c1-18(38)35-16-28(39)37-12-11-26(24(17-37)19-5-3-2-4-6-19)36-15-21-13-20(7-10-27(21)40-29(32,33)34)23-9-8-22(31)14-25(23)30/h2-10,13-14,24,26,36H,11-12,15-17H2,1H3,(H,35,38)/t24-,26-/m0/s1. The first-order valence-corrected chi connectivity index (χ1v) is 13.0. The SMILES string of the molecule is CC(=O)NCC(=O)N1CC[C@H](NCc2cc(-c3ccc(F)cc3Cl)ccc2OC(F)(F)F)[C@H](c2ccccc2)C1. The Balaban J connectivity index is 1.58. The number of hydrogen-bond donors (Lipinski definition) is 2. The summed E-state index contributed by atoms with van der Waals surface area (Å²) >= 11 is 6.21. The quantitative estimate of drug-likeness (QED) is 0.339. The van der Waals surface area contributed by atoms with Crippen LogP contribution in [0.3, 0.4) is 0 Å². The number of hydrogen-bond acceptors (Lipinski definition) is 4. The van der Waals surface area contributed by atoms with Gasteiger partial charge in [0.1, 0.15) is 11.6 Å². The summed E-state index contributed by atoms with van der Waals surface area (Å²) in [7, 11) is 0. The minimum absolute atomic E-state index is 0.0336. The molecule has 0 radical (unpaired) electrons. The predicted molar refractivity (Wildman–Crippen MR) is 143 cm³/mol. The van der Waals surface area contributed by atoms with Crippen LogP contribution in [0.1, 0.15) is 30.4 Å². The molecule has 1 heterocycles. The van der Waals surface area contributed by atoms with Crippen molar-refractivity contribution < 1.29 is 31.9 Å². The first-order valence-electron chi connectivity index (χ1n) is 12.6. The van der Waals surface area contributed by atoms with E-state index in [9.17, 15) is 27.2 Å². The zero-order valence-corrected chi connectivity index (χ0v) is 22.4. The third kappa shape index (κ3) is 7.73. The highest BCUT2D eigenvalue weighted by Crippen LogP contribution is 2.35. The van der Waals surface area contributed by atoms with E-state index in [1.165, 1.54) is 37.3 Å². The third-order valence-corrected chi connectivity index (χ3v) is 7.08. The van der Waals surface area contributed by atoms with Gasteiger partial charge in [-0.2, -0.15) is 0 Å². The van der Waals surface area contributed by atoms with Crippen molar-refractivity contribution in [1.82, 2.24) is 15.5 Å². The molecular formula is C29H28ClF4N3O3. The maximum atomic E-state index is 13.6. The Labute approximate surface area is 234 Å². The van der Waals surface area contributed by atoms with Gasteiger partial charge in [0.15, 0.2) is 0 Å². The van der Waals surface area contributed by atoms with Crippen molar-refractivity contribution >= 4 is 23.4 Å². The summed E-state index contributed by atoms with van der Waals surface area (Å²) in [5.74, 6) is -1.55. The molecular weight excluding hydrogens is 550 g/mol. The molecule has 1 aliphatic heterocycles. The van der Waals surface area contributed by atoms with Crippen LogP contribution in [0.25, 0.3) is 11.1 Å². The summed E-state index contributed by atoms with van der Waals surface area (Å²) in [5, 5.41) is 6.03. The lowest BCUT2D eigenvalue weighted by molar-refractivity contribution is -0.274. The summed E-state index contributed by atoms with van der Waals surface area (Å²) in [6.07, 6.45) is -4.36. The Morgan fingerprint density at radius 2 is 1.82 bits per heavy atom. The van der Waals surface area contributed by atoms with Gasteiger partial charge < -0.3 is 20.3 Å². The monoisotopic (exact) mass is 577 g/mol. The van der Waals surface area contributed by atoms with Gasteiger partial charge in [-0.05, 0) is 47.9 Å². The Morgan fingerprint density at radius 3 is 2.50 bits per heavy atom. The average molecular weight is 578 g/mol. The van der Waals surface area contributed by atoms with Crippen LogP contribution in [0.5, 0.6) is 5.75 Å². The number of carbonyl (C=O) groups excluding carboxylic acids is 2. The average Bonchev–Trinajstić information content (AvgIpc) is 2.91. The van der Waals surface area contributed by atoms with Gasteiger partial charge in [0.05, 0.1) is 11.6 Å². The van der Waals surface area contributed by atoms with Crippen LogP contribution >= 0.6 is 11.6 Å². The normalized spacial score (nSPS) is 17.4. The van der Waals surface area contributed by atoms with Crippen LogP contribution in [0.2, 0.25) is 5.02 Å². The van der Waals surface area contributed by atoms with Gasteiger partial charge in [0.25, 0.3) is 0 Å². The van der Waals surface area contributed by atoms with Crippen molar-refractivity contribution in [2.24, 2.45) is 0 Å². The van der Waals surface area contributed by atoms with Gasteiger partial charge in [0.2, 0.25) is 11.8 Å². The number of carbonyl (C=O) groups is 2. The molecule has 0 spiro atoms. The molecule has 0 aromatic heterocycles. The van der Waals surface area contributed by atoms with E-state index in [0.29, 0.717) is 30.6 Å². The van der Waals surface area contributed by atoms with Crippen LogP contribution in [0, 0.1) is 5.82 Å². The van der Waals surface area contributed by atoms with Gasteiger partial charge in [-0.3, -0.25) is 9.59 Å². The number of piperidine rings is 1. The number of halogens is 5. The van der Waals surface area contributed by atoms with E-state index in [0.717, 1.165) is 11.6 Å². The Morgan fingerprint density at radius 1 is 1.07 bits per heavy atom. The maximum absolute atomic E-state index is 13.6. The van der Waals surface area contributed by atoms with Gasteiger partial charge in [-0.1, -0.05) is 48.0 Å². The van der Waals surface area contributed by atoms with E-state index in [1.807, 2.05) is 30.3 Å². The van der Waals surface area contributed by atoms with Crippen molar-refractivity contribution in [2.75, 3.05) is 19.6 Å². The number of amides is 2. The molecule has 0 saturated carbocycles. The first kappa shape index (κ1) is 29.4. The minimum atomic E-state index is -4.89. The van der Waals surface area contributed by atoms with Crippen LogP contribution in [-0.4, -0.2) is 48.8 Å². The number of alkyl halides is 3. The van der Waals surface area contributed by atoms with Crippen molar-refractivity contribution in [1.29, 1.82) is 0 Å². The molecule has 11 heteroatoms. The summed E-state index contributed by atoms with van der Waals surface area (Å²) in [5.41, 5.74) is 2.19. The number of benzene rings is 3. The van der Waals surface area contributed by atoms with Crippen LogP contribution < -0.4 is 15.4 Å². The maximum Gasteiger partial charge on any atom is 0.573 e. The van der Waals surface area contributed by atoms with Crippen molar-refractivity contribution in [3.05, 3.63) is 88.7 Å². The van der Waals surface area contributed by atoms with Crippen LogP contribution in [0.15, 0.2) is 66.7 Å². The lowest BCUT2D eigenvalue weighted by Gasteiger charge is -2.39. The van der Waals surface area contributed by atoms with E-state index in [-0.39, 0.29) is 53.2 Å². The number of likely N-dealkylation sites (tertiary alicyclic amines) is 1. The van der Waals surface area contributed by atoms with Crippen molar-refractivity contribution in [2.45, 2.75) is 38.2 Å². The molecule has 1 aliphatic rings. The molecule has 3 aromatic rings. The number of ether oxygens (including phenoxy) is 1. The Bertz CT molecular complexity index is 1350. The minimum Gasteiger partial charge on any atom is -0.405 e. The molecule has 212 valence electrons. The van der Waals surface area contributed by atoms with Gasteiger partial charge in [-0.25, -0.2) is 4.39 Å². The molecule has 0 aliphatic carbocycles. The molecule has 1 fully saturated rings. The molecule has 0 bridgehead atoms. The summed E-state index contributed by atoms with van der Waals surface area (Å²) in [4.78, 5) is 25.6. The Hall–Kier alpha value is -3.63. The second kappa shape index (κ2) is 12.7. The summed E-state index contributed by atoms with van der Waals surface area (Å²) in [6.45, 7) is 2.05. The zero-order valence-electron chi connectivity index (χ0n) is 21.6. The van der Waals surface area contributed by atoms with Crippen molar-refractivity contribution in [3.8, 4) is 16.9 Å². The predicted octanol–water partition coefficient (Wildman–Crippen LogP) is 5.66. The third-order valence-electron chi connectivity index (χ3n) is 6.76.